The molecule has 2 rings (SSSR count). The molecule has 4 nitrogen and oxygen atoms in total. The summed E-state index contributed by atoms with van der Waals surface area (Å²) < 4.78 is 5.68. The van der Waals surface area contributed by atoms with Crippen molar-refractivity contribution in [1.82, 2.24) is 5.32 Å². The van der Waals surface area contributed by atoms with Gasteiger partial charge in [-0.1, -0.05) is 36.4 Å². The van der Waals surface area contributed by atoms with Crippen molar-refractivity contribution in [2.45, 2.75) is 19.6 Å². The van der Waals surface area contributed by atoms with E-state index in [1.54, 1.807) is 25.1 Å². The van der Waals surface area contributed by atoms with Crippen molar-refractivity contribution in [2.24, 2.45) is 0 Å². The Morgan fingerprint density at radius 1 is 1.19 bits per heavy atom. The number of benzene rings is 2. The van der Waals surface area contributed by atoms with Gasteiger partial charge < -0.3 is 15.2 Å². The molecule has 2 aromatic carbocycles. The van der Waals surface area contributed by atoms with Crippen LogP contribution in [0.3, 0.4) is 0 Å². The van der Waals surface area contributed by atoms with E-state index >= 15 is 0 Å². The highest BCUT2D eigenvalue weighted by Crippen LogP contribution is 2.15. The van der Waals surface area contributed by atoms with Crippen molar-refractivity contribution in [3.8, 4) is 5.75 Å². The first-order valence-electron chi connectivity index (χ1n) is 6.88. The molecule has 0 aliphatic heterocycles. The first-order chi connectivity index (χ1) is 10.1. The summed E-state index contributed by atoms with van der Waals surface area (Å²) in [4.78, 5) is 11.9. The first-order valence-corrected chi connectivity index (χ1v) is 6.88. The molecule has 1 atom stereocenters. The second-order valence-electron chi connectivity index (χ2n) is 4.86. The lowest BCUT2D eigenvalue weighted by Crippen LogP contribution is -2.30. The molecule has 1 amide bonds. The van der Waals surface area contributed by atoms with Crippen molar-refractivity contribution in [2.75, 3.05) is 6.54 Å². The molecule has 21 heavy (non-hydrogen) atoms. The van der Waals surface area contributed by atoms with Crippen molar-refractivity contribution in [3.05, 3.63) is 65.7 Å². The minimum Gasteiger partial charge on any atom is -0.489 e. The smallest absolute Gasteiger partial charge is 0.251 e. The standard InChI is InChI=1S/C17H19NO3/c1-13(19)11-18-17(20)15-8-5-9-16(10-15)21-12-14-6-3-2-4-7-14/h2-10,13,19H,11-12H2,1H3,(H,18,20). The molecule has 4 heteroatoms. The van der Waals surface area contributed by atoms with Gasteiger partial charge in [0, 0.05) is 12.1 Å². The summed E-state index contributed by atoms with van der Waals surface area (Å²) >= 11 is 0. The largest absolute Gasteiger partial charge is 0.489 e. The third-order valence-corrected chi connectivity index (χ3v) is 2.90. The predicted molar refractivity (Wildman–Crippen MR) is 81.2 cm³/mol. The monoisotopic (exact) mass is 285 g/mol. The molecule has 0 spiro atoms. The summed E-state index contributed by atoms with van der Waals surface area (Å²) in [5.74, 6) is 0.421. The van der Waals surface area contributed by atoms with Crippen LogP contribution in [0.2, 0.25) is 0 Å². The molecule has 0 saturated carbocycles. The molecule has 0 heterocycles. The summed E-state index contributed by atoms with van der Waals surface area (Å²) in [6.07, 6.45) is -0.563. The van der Waals surface area contributed by atoms with Crippen LogP contribution in [-0.4, -0.2) is 23.7 Å². The van der Waals surface area contributed by atoms with Gasteiger partial charge in [-0.2, -0.15) is 0 Å². The molecule has 0 bridgehead atoms. The molecular weight excluding hydrogens is 266 g/mol. The molecule has 110 valence electrons. The zero-order valence-electron chi connectivity index (χ0n) is 12.0. The lowest BCUT2D eigenvalue weighted by atomic mass is 10.2. The van der Waals surface area contributed by atoms with E-state index in [-0.39, 0.29) is 12.5 Å². The average molecular weight is 285 g/mol. The van der Waals surface area contributed by atoms with Gasteiger partial charge in [0.25, 0.3) is 5.91 Å². The molecule has 1 unspecified atom stereocenters. The zero-order valence-corrected chi connectivity index (χ0v) is 12.0. The lowest BCUT2D eigenvalue weighted by molar-refractivity contribution is 0.0923. The fourth-order valence-electron chi connectivity index (χ4n) is 1.81. The second-order valence-corrected chi connectivity index (χ2v) is 4.86. The van der Waals surface area contributed by atoms with Crippen LogP contribution in [0.15, 0.2) is 54.6 Å². The summed E-state index contributed by atoms with van der Waals surface area (Å²) in [5.41, 5.74) is 1.59. The topological polar surface area (TPSA) is 58.6 Å². The van der Waals surface area contributed by atoms with E-state index in [4.69, 9.17) is 4.74 Å². The molecule has 0 aliphatic carbocycles. The Labute approximate surface area is 124 Å². The molecule has 0 saturated heterocycles. The van der Waals surface area contributed by atoms with Gasteiger partial charge in [0.05, 0.1) is 6.10 Å². The molecule has 0 fully saturated rings. The van der Waals surface area contributed by atoms with E-state index < -0.39 is 6.10 Å². The number of nitrogens with one attached hydrogen (secondary N) is 1. The van der Waals surface area contributed by atoms with Crippen molar-refractivity contribution in [1.29, 1.82) is 0 Å². The van der Waals surface area contributed by atoms with E-state index in [1.807, 2.05) is 36.4 Å². The maximum Gasteiger partial charge on any atom is 0.251 e. The Kier molecular flexibility index (Phi) is 5.35. The van der Waals surface area contributed by atoms with Crippen molar-refractivity contribution < 1.29 is 14.6 Å². The van der Waals surface area contributed by atoms with Gasteiger partial charge in [-0.15, -0.1) is 0 Å². The molecule has 2 N–H and O–H groups in total. The molecule has 0 radical (unpaired) electrons. The number of hydrogen-bond acceptors (Lipinski definition) is 3. The predicted octanol–water partition coefficient (Wildman–Crippen LogP) is 2.38. The molecule has 0 aromatic heterocycles. The molecule has 0 aliphatic rings. The van der Waals surface area contributed by atoms with Crippen LogP contribution >= 0.6 is 0 Å². The van der Waals surface area contributed by atoms with Gasteiger partial charge >= 0.3 is 0 Å². The molecule has 2 aromatic rings. The maximum atomic E-state index is 11.9. The van der Waals surface area contributed by atoms with Gasteiger partial charge in [0.15, 0.2) is 0 Å². The summed E-state index contributed by atoms with van der Waals surface area (Å²) in [6, 6.07) is 16.8. The SMILES string of the molecule is CC(O)CNC(=O)c1cccc(OCc2ccccc2)c1. The number of hydrogen-bond donors (Lipinski definition) is 2. The highest BCUT2D eigenvalue weighted by molar-refractivity contribution is 5.94. The highest BCUT2D eigenvalue weighted by Gasteiger charge is 2.07. The van der Waals surface area contributed by atoms with Crippen LogP contribution in [0, 0.1) is 0 Å². The maximum absolute atomic E-state index is 11.9. The van der Waals surface area contributed by atoms with Crippen LogP contribution in [-0.2, 0) is 6.61 Å². The van der Waals surface area contributed by atoms with Crippen LogP contribution < -0.4 is 10.1 Å². The van der Waals surface area contributed by atoms with Crippen LogP contribution in [0.1, 0.15) is 22.8 Å². The van der Waals surface area contributed by atoms with E-state index in [9.17, 15) is 9.90 Å². The van der Waals surface area contributed by atoms with E-state index in [2.05, 4.69) is 5.32 Å². The fourth-order valence-corrected chi connectivity index (χ4v) is 1.81. The first kappa shape index (κ1) is 15.1. The van der Waals surface area contributed by atoms with Crippen LogP contribution in [0.4, 0.5) is 0 Å². The Bertz CT molecular complexity index is 582. The van der Waals surface area contributed by atoms with E-state index in [0.29, 0.717) is 17.9 Å². The Morgan fingerprint density at radius 2 is 1.95 bits per heavy atom. The lowest BCUT2D eigenvalue weighted by Gasteiger charge is -2.09. The van der Waals surface area contributed by atoms with E-state index in [1.165, 1.54) is 0 Å². The number of aliphatic hydroxyl groups excluding tert-OH is 1. The van der Waals surface area contributed by atoms with Crippen molar-refractivity contribution >= 4 is 5.91 Å². The summed E-state index contributed by atoms with van der Waals surface area (Å²) in [7, 11) is 0. The number of ether oxygens (including phenoxy) is 1. The van der Waals surface area contributed by atoms with Gasteiger partial charge in [-0.05, 0) is 30.7 Å². The normalized spacial score (nSPS) is 11.7. The quantitative estimate of drug-likeness (QED) is 0.856. The van der Waals surface area contributed by atoms with Crippen molar-refractivity contribution in [3.63, 3.8) is 0 Å². The Hall–Kier alpha value is -2.33. The van der Waals surface area contributed by atoms with Gasteiger partial charge in [0.2, 0.25) is 0 Å². The van der Waals surface area contributed by atoms with Crippen LogP contribution in [0.5, 0.6) is 5.75 Å². The Morgan fingerprint density at radius 3 is 2.67 bits per heavy atom. The van der Waals surface area contributed by atoms with Gasteiger partial charge in [0.1, 0.15) is 12.4 Å². The molecular formula is C17H19NO3. The number of rotatable bonds is 6. The minimum absolute atomic E-state index is 0.221. The Balaban J connectivity index is 1.96. The highest BCUT2D eigenvalue weighted by atomic mass is 16.5. The summed E-state index contributed by atoms with van der Waals surface area (Å²) in [5, 5.41) is 11.8. The third kappa shape index (κ3) is 4.93. The summed E-state index contributed by atoms with van der Waals surface area (Å²) in [6.45, 7) is 2.31. The number of carbonyl (C=O) groups excluding carboxylic acids is 1. The van der Waals surface area contributed by atoms with Gasteiger partial charge in [-0.3, -0.25) is 4.79 Å². The van der Waals surface area contributed by atoms with E-state index in [0.717, 1.165) is 5.56 Å². The van der Waals surface area contributed by atoms with Gasteiger partial charge in [-0.25, -0.2) is 0 Å². The fraction of sp³-hybridized carbons (Fsp3) is 0.235. The number of carbonyl (C=O) groups is 1. The minimum atomic E-state index is -0.563. The zero-order chi connectivity index (χ0) is 15.1. The number of amides is 1. The number of aliphatic hydroxyl groups is 1. The second kappa shape index (κ2) is 7.45. The average Bonchev–Trinajstić information content (AvgIpc) is 2.52. The van der Waals surface area contributed by atoms with Crippen LogP contribution in [0.25, 0.3) is 0 Å². The third-order valence-electron chi connectivity index (χ3n) is 2.90.